The van der Waals surface area contributed by atoms with Crippen molar-refractivity contribution in [2.45, 2.75) is 27.2 Å². The maximum Gasteiger partial charge on any atom is 0.126 e. The van der Waals surface area contributed by atoms with Crippen molar-refractivity contribution in [3.63, 3.8) is 0 Å². The lowest BCUT2D eigenvalue weighted by molar-refractivity contribution is 0.584. The minimum absolute atomic E-state index is 0.508. The van der Waals surface area contributed by atoms with E-state index in [4.69, 9.17) is 0 Å². The molecule has 0 aliphatic carbocycles. The Balaban J connectivity index is 2.12. The first-order valence-electron chi connectivity index (χ1n) is 7.61. The van der Waals surface area contributed by atoms with E-state index in [1.807, 2.05) is 30.7 Å². The third-order valence-corrected chi connectivity index (χ3v) is 4.03. The van der Waals surface area contributed by atoms with Crippen LogP contribution in [0.1, 0.15) is 23.9 Å². The van der Waals surface area contributed by atoms with Gasteiger partial charge in [-0.3, -0.25) is 0 Å². The van der Waals surface area contributed by atoms with Gasteiger partial charge in [-0.25, -0.2) is 13.5 Å². The second kappa shape index (κ2) is 5.95. The summed E-state index contributed by atoms with van der Waals surface area (Å²) in [5.74, 6) is -1.17. The number of halogens is 2. The van der Waals surface area contributed by atoms with Gasteiger partial charge in [-0.1, -0.05) is 19.1 Å². The summed E-state index contributed by atoms with van der Waals surface area (Å²) in [7, 11) is 0. The maximum absolute atomic E-state index is 13.5. The molecule has 2 aromatic carbocycles. The van der Waals surface area contributed by atoms with Gasteiger partial charge in [0.05, 0.1) is 11.4 Å². The number of aromatic nitrogens is 2. The van der Waals surface area contributed by atoms with Crippen LogP contribution in [0.3, 0.4) is 0 Å². The lowest BCUT2D eigenvalue weighted by Crippen LogP contribution is -1.99. The molecule has 1 aromatic heterocycles. The van der Waals surface area contributed by atoms with Crippen LogP contribution in [0, 0.1) is 25.5 Å². The van der Waals surface area contributed by atoms with Gasteiger partial charge in [0.25, 0.3) is 0 Å². The smallest absolute Gasteiger partial charge is 0.126 e. The van der Waals surface area contributed by atoms with Crippen molar-refractivity contribution >= 4 is 0 Å². The first-order chi connectivity index (χ1) is 11.0. The van der Waals surface area contributed by atoms with Crippen molar-refractivity contribution in [2.24, 2.45) is 0 Å². The SMILES string of the molecule is CCc1ccc(-n2nc(C)c(-c3cc(F)cc(F)c3)c2C)cc1. The number of nitrogens with zero attached hydrogens (tertiary/aromatic N) is 2. The Morgan fingerprint density at radius 3 is 2.13 bits per heavy atom. The molecule has 0 unspecified atom stereocenters. The molecule has 23 heavy (non-hydrogen) atoms. The van der Waals surface area contributed by atoms with Crippen LogP contribution in [0.2, 0.25) is 0 Å². The zero-order chi connectivity index (χ0) is 16.6. The quantitative estimate of drug-likeness (QED) is 0.665. The Morgan fingerprint density at radius 1 is 0.957 bits per heavy atom. The second-order valence-corrected chi connectivity index (χ2v) is 5.64. The molecule has 3 rings (SSSR count). The van der Waals surface area contributed by atoms with Gasteiger partial charge in [0.1, 0.15) is 11.6 Å². The van der Waals surface area contributed by atoms with Gasteiger partial charge in [0.2, 0.25) is 0 Å². The van der Waals surface area contributed by atoms with Crippen molar-refractivity contribution in [3.05, 3.63) is 71.1 Å². The van der Waals surface area contributed by atoms with E-state index in [9.17, 15) is 8.78 Å². The molecule has 0 bridgehead atoms. The summed E-state index contributed by atoms with van der Waals surface area (Å²) in [4.78, 5) is 0. The third kappa shape index (κ3) is 2.89. The van der Waals surface area contributed by atoms with E-state index in [0.717, 1.165) is 35.1 Å². The molecule has 0 amide bonds. The van der Waals surface area contributed by atoms with Gasteiger partial charge in [0, 0.05) is 17.3 Å². The standard InChI is InChI=1S/C19H18F2N2/c1-4-14-5-7-18(8-6-14)23-13(3)19(12(2)22-23)15-9-16(20)11-17(21)10-15/h5-11H,4H2,1-3H3. The Morgan fingerprint density at radius 2 is 1.57 bits per heavy atom. The van der Waals surface area contributed by atoms with E-state index in [1.54, 1.807) is 0 Å². The van der Waals surface area contributed by atoms with E-state index >= 15 is 0 Å². The summed E-state index contributed by atoms with van der Waals surface area (Å²) in [6.45, 7) is 5.86. The largest absolute Gasteiger partial charge is 0.237 e. The summed E-state index contributed by atoms with van der Waals surface area (Å²) in [5.41, 5.74) is 5.06. The molecule has 0 aliphatic heterocycles. The highest BCUT2D eigenvalue weighted by atomic mass is 19.1. The highest BCUT2D eigenvalue weighted by molar-refractivity contribution is 5.69. The minimum atomic E-state index is -0.584. The average Bonchev–Trinajstić information content (AvgIpc) is 2.81. The van der Waals surface area contributed by atoms with Crippen LogP contribution >= 0.6 is 0 Å². The fourth-order valence-electron chi connectivity index (χ4n) is 2.88. The third-order valence-electron chi connectivity index (χ3n) is 4.03. The Bertz CT molecular complexity index is 828. The number of hydrogen-bond donors (Lipinski definition) is 0. The molecular formula is C19H18F2N2. The summed E-state index contributed by atoms with van der Waals surface area (Å²) in [6.07, 6.45) is 0.977. The Kier molecular flexibility index (Phi) is 3.99. The van der Waals surface area contributed by atoms with Crippen LogP contribution in [0.5, 0.6) is 0 Å². The fraction of sp³-hybridized carbons (Fsp3) is 0.211. The van der Waals surface area contributed by atoms with Gasteiger partial charge in [-0.2, -0.15) is 5.10 Å². The topological polar surface area (TPSA) is 17.8 Å². The first-order valence-corrected chi connectivity index (χ1v) is 7.61. The van der Waals surface area contributed by atoms with Gasteiger partial charge >= 0.3 is 0 Å². The predicted molar refractivity (Wildman–Crippen MR) is 87.8 cm³/mol. The highest BCUT2D eigenvalue weighted by Gasteiger charge is 2.16. The van der Waals surface area contributed by atoms with Crippen LogP contribution in [-0.2, 0) is 6.42 Å². The number of aryl methyl sites for hydroxylation is 2. The van der Waals surface area contributed by atoms with E-state index in [-0.39, 0.29) is 0 Å². The van der Waals surface area contributed by atoms with E-state index in [1.165, 1.54) is 17.7 Å². The Hall–Kier alpha value is -2.49. The molecule has 0 radical (unpaired) electrons. The second-order valence-electron chi connectivity index (χ2n) is 5.64. The van der Waals surface area contributed by atoms with E-state index in [2.05, 4.69) is 24.2 Å². The molecule has 0 saturated heterocycles. The number of hydrogen-bond acceptors (Lipinski definition) is 1. The Labute approximate surface area is 134 Å². The molecule has 0 atom stereocenters. The normalized spacial score (nSPS) is 11.0. The number of benzene rings is 2. The van der Waals surface area contributed by atoms with Crippen LogP contribution in [0.25, 0.3) is 16.8 Å². The molecule has 0 fully saturated rings. The molecule has 2 nitrogen and oxygen atoms in total. The summed E-state index contributed by atoms with van der Waals surface area (Å²) in [6, 6.07) is 11.7. The molecule has 0 spiro atoms. The lowest BCUT2D eigenvalue weighted by atomic mass is 10.0. The van der Waals surface area contributed by atoms with E-state index < -0.39 is 11.6 Å². The zero-order valence-corrected chi connectivity index (χ0v) is 13.4. The predicted octanol–water partition coefficient (Wildman–Crippen LogP) is 5.00. The molecular weight excluding hydrogens is 294 g/mol. The van der Waals surface area contributed by atoms with Crippen LogP contribution in [-0.4, -0.2) is 9.78 Å². The van der Waals surface area contributed by atoms with Crippen molar-refractivity contribution in [2.75, 3.05) is 0 Å². The van der Waals surface area contributed by atoms with Gasteiger partial charge < -0.3 is 0 Å². The average molecular weight is 312 g/mol. The van der Waals surface area contributed by atoms with Crippen molar-refractivity contribution < 1.29 is 8.78 Å². The highest BCUT2D eigenvalue weighted by Crippen LogP contribution is 2.29. The number of rotatable bonds is 3. The molecule has 0 N–H and O–H groups in total. The zero-order valence-electron chi connectivity index (χ0n) is 13.4. The molecule has 4 heteroatoms. The molecule has 0 aliphatic rings. The van der Waals surface area contributed by atoms with E-state index in [0.29, 0.717) is 5.56 Å². The molecule has 0 saturated carbocycles. The van der Waals surface area contributed by atoms with Crippen LogP contribution < -0.4 is 0 Å². The summed E-state index contributed by atoms with van der Waals surface area (Å²) >= 11 is 0. The van der Waals surface area contributed by atoms with Crippen molar-refractivity contribution in [1.29, 1.82) is 0 Å². The summed E-state index contributed by atoms with van der Waals surface area (Å²) in [5, 5.41) is 4.54. The van der Waals surface area contributed by atoms with Crippen molar-refractivity contribution in [3.8, 4) is 16.8 Å². The van der Waals surface area contributed by atoms with Gasteiger partial charge in [-0.05, 0) is 55.7 Å². The fourth-order valence-corrected chi connectivity index (χ4v) is 2.88. The lowest BCUT2D eigenvalue weighted by Gasteiger charge is -2.07. The van der Waals surface area contributed by atoms with Crippen LogP contribution in [0.4, 0.5) is 8.78 Å². The maximum atomic E-state index is 13.5. The summed E-state index contributed by atoms with van der Waals surface area (Å²) < 4.78 is 28.9. The van der Waals surface area contributed by atoms with Crippen molar-refractivity contribution in [1.82, 2.24) is 9.78 Å². The minimum Gasteiger partial charge on any atom is -0.237 e. The van der Waals surface area contributed by atoms with Crippen LogP contribution in [0.15, 0.2) is 42.5 Å². The molecule has 118 valence electrons. The first kappa shape index (κ1) is 15.4. The molecule has 1 heterocycles. The molecule has 3 aromatic rings. The van der Waals surface area contributed by atoms with Gasteiger partial charge in [-0.15, -0.1) is 0 Å². The van der Waals surface area contributed by atoms with Gasteiger partial charge in [0.15, 0.2) is 0 Å². The monoisotopic (exact) mass is 312 g/mol.